The molecule has 0 atom stereocenters. The second-order valence-electron chi connectivity index (χ2n) is 8.76. The summed E-state index contributed by atoms with van der Waals surface area (Å²) in [6.45, 7) is 2.04. The van der Waals surface area contributed by atoms with E-state index in [-0.39, 0.29) is 23.6 Å². The third-order valence-electron chi connectivity index (χ3n) is 6.13. The fourth-order valence-electron chi connectivity index (χ4n) is 4.28. The Morgan fingerprint density at radius 1 is 1.07 bits per heavy atom. The van der Waals surface area contributed by atoms with Gasteiger partial charge in [-0.25, -0.2) is 4.68 Å². The number of nitrogens with zero attached hydrogens (tertiary/aromatic N) is 6. The molecule has 13 heteroatoms. The van der Waals surface area contributed by atoms with E-state index in [0.717, 1.165) is 17.0 Å². The Labute approximate surface area is 245 Å². The van der Waals surface area contributed by atoms with Crippen LogP contribution in [0.5, 0.6) is 5.75 Å². The van der Waals surface area contributed by atoms with E-state index in [9.17, 15) is 14.9 Å². The molecule has 0 saturated heterocycles. The van der Waals surface area contributed by atoms with Gasteiger partial charge in [0.2, 0.25) is 4.96 Å². The fraction of sp³-hybridized carbons (Fsp3) is 0.0714. The monoisotopic (exact) mass is 604 g/mol. The van der Waals surface area contributed by atoms with Crippen LogP contribution in [0.1, 0.15) is 12.5 Å². The molecule has 0 fully saturated rings. The molecule has 0 unspecified atom stereocenters. The first-order chi connectivity index (χ1) is 19.8. The van der Waals surface area contributed by atoms with Crippen molar-refractivity contribution in [2.45, 2.75) is 6.92 Å². The number of nitro benzene ring substituents is 1. The number of thiazole rings is 1. The Morgan fingerprint density at radius 3 is 2.59 bits per heavy atom. The van der Waals surface area contributed by atoms with Crippen LogP contribution in [-0.2, 0) is 0 Å². The standard InChI is InChI=1S/C28H18Cl2N6O4S/c1-2-40-23-11-8-16(12-22(23)36(38)39)25-17(15-34(32-25)19-6-4-3-5-7-19)13-24-27(37)35-28(41-24)31-26(33-35)20-10-9-18(29)14-21(20)30/h3-15H,2H2,1H3/b24-13-. The molecule has 3 heterocycles. The molecule has 3 aromatic heterocycles. The molecule has 6 rings (SSSR count). The van der Waals surface area contributed by atoms with Crippen LogP contribution in [0, 0.1) is 10.1 Å². The number of fused-ring (bicyclic) bond motifs is 1. The molecule has 0 aliphatic carbocycles. The Balaban J connectivity index is 1.50. The average molecular weight is 605 g/mol. The van der Waals surface area contributed by atoms with Crippen LogP contribution in [0.25, 0.3) is 39.4 Å². The van der Waals surface area contributed by atoms with E-state index in [0.29, 0.717) is 47.7 Å². The van der Waals surface area contributed by atoms with Gasteiger partial charge in [0.1, 0.15) is 5.69 Å². The fourth-order valence-corrected chi connectivity index (χ4v) is 5.67. The van der Waals surface area contributed by atoms with E-state index in [1.165, 1.54) is 10.6 Å². The zero-order valence-electron chi connectivity index (χ0n) is 21.2. The van der Waals surface area contributed by atoms with Gasteiger partial charge in [0, 0.05) is 34.0 Å². The maximum absolute atomic E-state index is 13.4. The minimum absolute atomic E-state index is 0.165. The Morgan fingerprint density at radius 2 is 1.88 bits per heavy atom. The van der Waals surface area contributed by atoms with Gasteiger partial charge < -0.3 is 4.74 Å². The van der Waals surface area contributed by atoms with Gasteiger partial charge in [0.15, 0.2) is 11.6 Å². The summed E-state index contributed by atoms with van der Waals surface area (Å²) in [5.74, 6) is 0.471. The molecular weight excluding hydrogens is 587 g/mol. The maximum atomic E-state index is 13.4. The SMILES string of the molecule is CCOc1ccc(-c2nn(-c3ccccc3)cc2/C=c2\sc3nc(-c4ccc(Cl)cc4Cl)nn3c2=O)cc1[N+](=O)[O-]. The average Bonchev–Trinajstić information content (AvgIpc) is 3.64. The highest BCUT2D eigenvalue weighted by molar-refractivity contribution is 7.15. The summed E-state index contributed by atoms with van der Waals surface area (Å²) in [7, 11) is 0. The molecule has 0 bridgehead atoms. The largest absolute Gasteiger partial charge is 0.487 e. The third-order valence-corrected chi connectivity index (χ3v) is 7.64. The molecule has 0 radical (unpaired) electrons. The second kappa shape index (κ2) is 10.8. The summed E-state index contributed by atoms with van der Waals surface area (Å²) < 4.78 is 8.68. The number of benzene rings is 3. The lowest BCUT2D eigenvalue weighted by Gasteiger charge is -2.06. The number of para-hydroxylation sites is 1. The molecule has 0 saturated carbocycles. The van der Waals surface area contributed by atoms with Gasteiger partial charge in [-0.3, -0.25) is 14.9 Å². The minimum Gasteiger partial charge on any atom is -0.487 e. The van der Waals surface area contributed by atoms with Crippen molar-refractivity contribution >= 4 is 51.3 Å². The number of ether oxygens (including phenoxy) is 1. The first kappa shape index (κ1) is 26.6. The molecule has 41 heavy (non-hydrogen) atoms. The smallest absolute Gasteiger partial charge is 0.311 e. The summed E-state index contributed by atoms with van der Waals surface area (Å²) in [5.41, 5.74) is 2.31. The summed E-state index contributed by atoms with van der Waals surface area (Å²) >= 11 is 13.5. The predicted octanol–water partition coefficient (Wildman–Crippen LogP) is 5.83. The van der Waals surface area contributed by atoms with Gasteiger partial charge in [-0.1, -0.05) is 52.7 Å². The van der Waals surface area contributed by atoms with E-state index in [2.05, 4.69) is 10.1 Å². The first-order valence-electron chi connectivity index (χ1n) is 12.3. The predicted molar refractivity (Wildman–Crippen MR) is 158 cm³/mol. The summed E-state index contributed by atoms with van der Waals surface area (Å²) in [4.78, 5) is 29.5. The maximum Gasteiger partial charge on any atom is 0.311 e. The van der Waals surface area contributed by atoms with Gasteiger partial charge >= 0.3 is 5.69 Å². The lowest BCUT2D eigenvalue weighted by Crippen LogP contribution is -2.23. The Bertz CT molecular complexity index is 2060. The number of rotatable bonds is 7. The number of halogens is 2. The number of aromatic nitrogens is 5. The van der Waals surface area contributed by atoms with Gasteiger partial charge in [-0.15, -0.1) is 5.10 Å². The van der Waals surface area contributed by atoms with Crippen LogP contribution in [-0.4, -0.2) is 35.9 Å². The molecular formula is C28H18Cl2N6O4S. The van der Waals surface area contributed by atoms with Crippen molar-refractivity contribution < 1.29 is 9.66 Å². The van der Waals surface area contributed by atoms with E-state index >= 15 is 0 Å². The molecule has 0 amide bonds. The summed E-state index contributed by atoms with van der Waals surface area (Å²) in [6.07, 6.45) is 3.45. The molecule has 0 spiro atoms. The zero-order chi connectivity index (χ0) is 28.7. The molecule has 204 valence electrons. The highest BCUT2D eigenvalue weighted by atomic mass is 35.5. The van der Waals surface area contributed by atoms with Crippen LogP contribution >= 0.6 is 34.5 Å². The zero-order valence-corrected chi connectivity index (χ0v) is 23.5. The number of nitro groups is 1. The molecule has 0 aliphatic heterocycles. The van der Waals surface area contributed by atoms with Crippen molar-refractivity contribution in [1.29, 1.82) is 0 Å². The number of hydrogen-bond acceptors (Lipinski definition) is 8. The van der Waals surface area contributed by atoms with Crippen LogP contribution in [0.2, 0.25) is 10.0 Å². The molecule has 0 aliphatic rings. The van der Waals surface area contributed by atoms with Crippen LogP contribution in [0.15, 0.2) is 77.7 Å². The lowest BCUT2D eigenvalue weighted by atomic mass is 10.1. The van der Waals surface area contributed by atoms with Gasteiger partial charge in [-0.05, 0) is 55.5 Å². The number of hydrogen-bond donors (Lipinski definition) is 0. The van der Waals surface area contributed by atoms with Crippen molar-refractivity contribution in [3.63, 3.8) is 0 Å². The van der Waals surface area contributed by atoms with Crippen molar-refractivity contribution in [2.24, 2.45) is 0 Å². The molecule has 3 aromatic carbocycles. The van der Waals surface area contributed by atoms with Crippen molar-refractivity contribution in [3.8, 4) is 34.1 Å². The van der Waals surface area contributed by atoms with Crippen LogP contribution < -0.4 is 14.8 Å². The normalized spacial score (nSPS) is 11.8. The molecule has 6 aromatic rings. The van der Waals surface area contributed by atoms with E-state index < -0.39 is 4.92 Å². The first-order valence-corrected chi connectivity index (χ1v) is 13.8. The van der Waals surface area contributed by atoms with Gasteiger partial charge in [0.05, 0.1) is 26.8 Å². The minimum atomic E-state index is -0.494. The van der Waals surface area contributed by atoms with Crippen molar-refractivity contribution in [3.05, 3.63) is 114 Å². The van der Waals surface area contributed by atoms with Crippen molar-refractivity contribution in [1.82, 2.24) is 24.4 Å². The second-order valence-corrected chi connectivity index (χ2v) is 10.6. The van der Waals surface area contributed by atoms with Crippen LogP contribution in [0.3, 0.4) is 0 Å². The highest BCUT2D eigenvalue weighted by Crippen LogP contribution is 2.34. The van der Waals surface area contributed by atoms with Gasteiger partial charge in [-0.2, -0.15) is 14.6 Å². The van der Waals surface area contributed by atoms with Crippen LogP contribution in [0.4, 0.5) is 5.69 Å². The lowest BCUT2D eigenvalue weighted by molar-refractivity contribution is -0.385. The quantitative estimate of drug-likeness (QED) is 0.166. The summed E-state index contributed by atoms with van der Waals surface area (Å²) in [6, 6.07) is 19.0. The topological polar surface area (TPSA) is 117 Å². The molecule has 0 N–H and O–H groups in total. The molecule has 10 nitrogen and oxygen atoms in total. The van der Waals surface area contributed by atoms with E-state index in [1.54, 1.807) is 54.2 Å². The Kier molecular flexibility index (Phi) is 7.00. The highest BCUT2D eigenvalue weighted by Gasteiger charge is 2.20. The van der Waals surface area contributed by atoms with Crippen molar-refractivity contribution in [2.75, 3.05) is 6.61 Å². The van der Waals surface area contributed by atoms with Gasteiger partial charge in [0.25, 0.3) is 5.56 Å². The van der Waals surface area contributed by atoms with E-state index in [4.69, 9.17) is 33.0 Å². The Hall–Kier alpha value is -4.58. The summed E-state index contributed by atoms with van der Waals surface area (Å²) in [5, 5.41) is 21.7. The van der Waals surface area contributed by atoms with E-state index in [1.807, 2.05) is 30.3 Å². The third kappa shape index (κ3) is 5.06.